The molecule has 19 heavy (non-hydrogen) atoms. The van der Waals surface area contributed by atoms with Gasteiger partial charge in [0.05, 0.1) is 12.7 Å². The van der Waals surface area contributed by atoms with E-state index in [9.17, 15) is 9.90 Å². The highest BCUT2D eigenvalue weighted by Gasteiger charge is 2.53. The van der Waals surface area contributed by atoms with Gasteiger partial charge in [-0.05, 0) is 18.1 Å². The maximum Gasteiger partial charge on any atom is 0.192 e. The van der Waals surface area contributed by atoms with E-state index in [1.165, 1.54) is 0 Å². The Hall–Kier alpha value is -0.168. The standard InChI is InChI=1S/C13H25BO4Si/c1-9-10(18-19(5,6)12(2,3)4)11(14)17-13(9,7-15)8-16/h7,9-11,16H,8H2,1-6H3/t9-,10+,11+,13-/m0/s1. The Kier molecular flexibility index (Phi) is 4.72. The lowest BCUT2D eigenvalue weighted by Gasteiger charge is -2.40. The smallest absolute Gasteiger partial charge is 0.192 e. The van der Waals surface area contributed by atoms with E-state index in [0.717, 1.165) is 0 Å². The van der Waals surface area contributed by atoms with E-state index >= 15 is 0 Å². The van der Waals surface area contributed by atoms with Crippen LogP contribution in [0.1, 0.15) is 27.7 Å². The van der Waals surface area contributed by atoms with Crippen LogP contribution in [0.15, 0.2) is 0 Å². The Morgan fingerprint density at radius 1 is 1.47 bits per heavy atom. The summed E-state index contributed by atoms with van der Waals surface area (Å²) >= 11 is 0. The molecule has 4 atom stereocenters. The summed E-state index contributed by atoms with van der Waals surface area (Å²) in [6.07, 6.45) is 0.283. The van der Waals surface area contributed by atoms with Gasteiger partial charge in [-0.15, -0.1) is 0 Å². The second kappa shape index (κ2) is 5.31. The molecule has 6 heteroatoms. The minimum Gasteiger partial charge on any atom is -0.412 e. The zero-order chi connectivity index (χ0) is 15.1. The van der Waals surface area contributed by atoms with Crippen LogP contribution in [-0.4, -0.2) is 51.9 Å². The van der Waals surface area contributed by atoms with Gasteiger partial charge < -0.3 is 19.1 Å². The number of aliphatic hydroxyl groups is 1. The number of hydrogen-bond acceptors (Lipinski definition) is 4. The van der Waals surface area contributed by atoms with Crippen LogP contribution in [0, 0.1) is 5.92 Å². The SMILES string of the molecule is [B][C@@H]1O[C@@](C=O)(CO)[C@@H](C)[C@H]1O[Si](C)(C)C(C)(C)C. The van der Waals surface area contributed by atoms with E-state index in [4.69, 9.17) is 17.0 Å². The van der Waals surface area contributed by atoms with Crippen LogP contribution in [0.25, 0.3) is 0 Å². The van der Waals surface area contributed by atoms with Crippen molar-refractivity contribution in [3.05, 3.63) is 0 Å². The van der Waals surface area contributed by atoms with Crippen molar-refractivity contribution in [1.29, 1.82) is 0 Å². The molecule has 0 saturated carbocycles. The number of hydrogen-bond donors (Lipinski definition) is 1. The quantitative estimate of drug-likeness (QED) is 0.627. The van der Waals surface area contributed by atoms with Crippen molar-refractivity contribution in [2.24, 2.45) is 5.92 Å². The minimum absolute atomic E-state index is 0.0537. The van der Waals surface area contributed by atoms with Crippen LogP contribution >= 0.6 is 0 Å². The molecule has 0 amide bonds. The van der Waals surface area contributed by atoms with Crippen LogP contribution in [0.3, 0.4) is 0 Å². The molecule has 0 aliphatic carbocycles. The predicted octanol–water partition coefficient (Wildman–Crippen LogP) is 1.47. The molecule has 0 aromatic rings. The second-order valence-electron chi connectivity index (χ2n) is 6.94. The fourth-order valence-corrected chi connectivity index (χ4v) is 3.40. The van der Waals surface area contributed by atoms with Crippen molar-refractivity contribution in [3.8, 4) is 0 Å². The number of aliphatic hydroxyl groups excluding tert-OH is 1. The maximum absolute atomic E-state index is 11.2. The molecular formula is C13H25BO4Si. The van der Waals surface area contributed by atoms with E-state index in [0.29, 0.717) is 6.29 Å². The fraction of sp³-hybridized carbons (Fsp3) is 0.923. The molecule has 0 unspecified atom stereocenters. The molecule has 1 rings (SSSR count). The molecule has 1 heterocycles. The van der Waals surface area contributed by atoms with Crippen molar-refractivity contribution >= 4 is 22.4 Å². The first-order valence-corrected chi connectivity index (χ1v) is 9.60. The molecule has 4 nitrogen and oxygen atoms in total. The second-order valence-corrected chi connectivity index (χ2v) is 11.7. The summed E-state index contributed by atoms with van der Waals surface area (Å²) in [6, 6.07) is -0.679. The number of aldehydes is 1. The van der Waals surface area contributed by atoms with Crippen molar-refractivity contribution < 1.29 is 19.1 Å². The number of ether oxygens (including phenoxy) is 1. The Bertz CT molecular complexity index is 342. The number of rotatable bonds is 4. The van der Waals surface area contributed by atoms with Gasteiger partial charge in [0.25, 0.3) is 0 Å². The van der Waals surface area contributed by atoms with Gasteiger partial charge in [0.1, 0.15) is 7.85 Å². The summed E-state index contributed by atoms with van der Waals surface area (Å²) in [4.78, 5) is 11.2. The van der Waals surface area contributed by atoms with E-state index in [-0.39, 0.29) is 23.7 Å². The predicted molar refractivity (Wildman–Crippen MR) is 77.7 cm³/mol. The summed E-state index contributed by atoms with van der Waals surface area (Å²) in [6.45, 7) is 12.2. The summed E-state index contributed by atoms with van der Waals surface area (Å²) in [7, 11) is 3.95. The molecule has 1 aliphatic heterocycles. The third-order valence-corrected chi connectivity index (χ3v) is 9.10. The third kappa shape index (κ3) is 2.96. The summed E-state index contributed by atoms with van der Waals surface area (Å²) in [5.41, 5.74) is -1.23. The molecule has 0 spiro atoms. The molecule has 0 aromatic carbocycles. The summed E-state index contributed by atoms with van der Waals surface area (Å²) in [5, 5.41) is 9.48. The van der Waals surface area contributed by atoms with E-state index < -0.39 is 19.9 Å². The van der Waals surface area contributed by atoms with Crippen molar-refractivity contribution in [1.82, 2.24) is 0 Å². The average Bonchev–Trinajstić information content (AvgIpc) is 2.52. The Labute approximate surface area is 118 Å². The number of carbonyl (C=O) groups excluding carboxylic acids is 1. The Balaban J connectivity index is 2.95. The fourth-order valence-electron chi connectivity index (χ4n) is 2.03. The van der Waals surface area contributed by atoms with Gasteiger partial charge in [0.2, 0.25) is 0 Å². The first kappa shape index (κ1) is 16.9. The number of carbonyl (C=O) groups is 1. The normalized spacial score (nSPS) is 36.5. The van der Waals surface area contributed by atoms with Gasteiger partial charge in [-0.3, -0.25) is 0 Å². The highest BCUT2D eigenvalue weighted by Crippen LogP contribution is 2.42. The van der Waals surface area contributed by atoms with Crippen LogP contribution in [0.2, 0.25) is 18.1 Å². The monoisotopic (exact) mass is 284 g/mol. The summed E-state index contributed by atoms with van der Waals surface area (Å²) in [5.74, 6) is -0.265. The van der Waals surface area contributed by atoms with Crippen LogP contribution < -0.4 is 0 Å². The first-order valence-electron chi connectivity index (χ1n) is 6.69. The van der Waals surface area contributed by atoms with Crippen LogP contribution in [0.5, 0.6) is 0 Å². The zero-order valence-corrected chi connectivity index (χ0v) is 13.8. The van der Waals surface area contributed by atoms with Gasteiger partial charge in [-0.1, -0.05) is 27.7 Å². The summed E-state index contributed by atoms with van der Waals surface area (Å²) < 4.78 is 11.8. The van der Waals surface area contributed by atoms with E-state index in [1.807, 2.05) is 6.92 Å². The Morgan fingerprint density at radius 3 is 2.32 bits per heavy atom. The molecule has 1 saturated heterocycles. The van der Waals surface area contributed by atoms with Gasteiger partial charge in [0.15, 0.2) is 20.2 Å². The van der Waals surface area contributed by atoms with Gasteiger partial charge >= 0.3 is 0 Å². The molecule has 1 N–H and O–H groups in total. The van der Waals surface area contributed by atoms with Crippen LogP contribution in [0.4, 0.5) is 0 Å². The molecule has 1 fully saturated rings. The largest absolute Gasteiger partial charge is 0.412 e. The first-order chi connectivity index (χ1) is 8.50. The lowest BCUT2D eigenvalue weighted by atomic mass is 9.84. The maximum atomic E-state index is 11.2. The highest BCUT2D eigenvalue weighted by atomic mass is 28.4. The molecular weight excluding hydrogens is 259 g/mol. The zero-order valence-electron chi connectivity index (χ0n) is 12.8. The highest BCUT2D eigenvalue weighted by molar-refractivity contribution is 6.74. The van der Waals surface area contributed by atoms with Gasteiger partial charge in [0, 0.05) is 11.9 Å². The van der Waals surface area contributed by atoms with Crippen LogP contribution in [-0.2, 0) is 14.0 Å². The molecule has 108 valence electrons. The molecule has 0 bridgehead atoms. The third-order valence-electron chi connectivity index (χ3n) is 4.63. The van der Waals surface area contributed by atoms with Crippen molar-refractivity contribution in [3.63, 3.8) is 0 Å². The molecule has 2 radical (unpaired) electrons. The van der Waals surface area contributed by atoms with E-state index in [2.05, 4.69) is 33.9 Å². The topological polar surface area (TPSA) is 55.8 Å². The minimum atomic E-state index is -2.00. The lowest BCUT2D eigenvalue weighted by Crippen LogP contribution is -2.49. The van der Waals surface area contributed by atoms with Gasteiger partial charge in [-0.25, -0.2) is 0 Å². The lowest BCUT2D eigenvalue weighted by molar-refractivity contribution is -0.135. The molecule has 0 aromatic heterocycles. The van der Waals surface area contributed by atoms with E-state index in [1.54, 1.807) is 0 Å². The average molecular weight is 284 g/mol. The Morgan fingerprint density at radius 2 is 2.00 bits per heavy atom. The molecule has 1 aliphatic rings. The van der Waals surface area contributed by atoms with Crippen molar-refractivity contribution in [2.45, 2.75) is 63.5 Å². The van der Waals surface area contributed by atoms with Gasteiger partial charge in [-0.2, -0.15) is 0 Å². The van der Waals surface area contributed by atoms with Crippen molar-refractivity contribution in [2.75, 3.05) is 6.61 Å².